The third-order valence-corrected chi connectivity index (χ3v) is 4.44. The number of likely N-dealkylation sites (tertiary alicyclic amines) is 1. The van der Waals surface area contributed by atoms with Crippen LogP contribution in [0, 0.1) is 0 Å². The third-order valence-electron chi connectivity index (χ3n) is 4.44. The smallest absolute Gasteiger partial charge is 0.244 e. The summed E-state index contributed by atoms with van der Waals surface area (Å²) in [5.74, 6) is 0.474. The highest BCUT2D eigenvalue weighted by Gasteiger charge is 2.17. The summed E-state index contributed by atoms with van der Waals surface area (Å²) < 4.78 is 0. The van der Waals surface area contributed by atoms with Gasteiger partial charge in [0.15, 0.2) is 5.96 Å². The lowest BCUT2D eigenvalue weighted by atomic mass is 10.2. The summed E-state index contributed by atoms with van der Waals surface area (Å²) in [7, 11) is 1.76. The number of nitrogens with zero attached hydrogens (tertiary/aromatic N) is 4. The molecule has 1 aromatic rings. The first kappa shape index (κ1) is 24.1. The molecule has 0 bridgehead atoms. The van der Waals surface area contributed by atoms with Crippen LogP contribution in [-0.4, -0.2) is 78.9 Å². The standard InChI is InChI=1S/C19H30N6O2.HI/c1-3-20-19(23-15-18(27)25-11-6-7-12-25)22-14-17(26)24(2)13-9-16-8-4-5-10-21-16;/h4-5,8,10H,3,6-7,9,11-15H2,1-2H3,(H2,20,22,23);1H. The van der Waals surface area contributed by atoms with E-state index in [-0.39, 0.29) is 48.9 Å². The fourth-order valence-corrected chi connectivity index (χ4v) is 2.80. The topological polar surface area (TPSA) is 89.9 Å². The lowest BCUT2D eigenvalue weighted by Crippen LogP contribution is -2.44. The SMILES string of the molecule is CCNC(=NCC(=O)N(C)CCc1ccccn1)NCC(=O)N1CCCC1.I. The summed E-state index contributed by atoms with van der Waals surface area (Å²) in [5.41, 5.74) is 0.955. The van der Waals surface area contributed by atoms with Crippen LogP contribution in [0.25, 0.3) is 0 Å². The van der Waals surface area contributed by atoms with Crippen molar-refractivity contribution in [2.45, 2.75) is 26.2 Å². The molecule has 1 aromatic heterocycles. The maximum absolute atomic E-state index is 12.3. The van der Waals surface area contributed by atoms with Gasteiger partial charge in [-0.25, -0.2) is 4.99 Å². The molecule has 1 saturated heterocycles. The van der Waals surface area contributed by atoms with Gasteiger partial charge in [0, 0.05) is 51.5 Å². The summed E-state index contributed by atoms with van der Waals surface area (Å²) >= 11 is 0. The number of pyridine rings is 1. The minimum atomic E-state index is -0.0750. The van der Waals surface area contributed by atoms with Gasteiger partial charge in [-0.2, -0.15) is 0 Å². The van der Waals surface area contributed by atoms with Gasteiger partial charge in [0.25, 0.3) is 0 Å². The monoisotopic (exact) mass is 502 g/mol. The van der Waals surface area contributed by atoms with E-state index in [9.17, 15) is 9.59 Å². The van der Waals surface area contributed by atoms with Crippen molar-refractivity contribution in [1.29, 1.82) is 0 Å². The maximum atomic E-state index is 12.3. The van der Waals surface area contributed by atoms with Crippen molar-refractivity contribution in [3.05, 3.63) is 30.1 Å². The first-order chi connectivity index (χ1) is 13.1. The molecule has 1 fully saturated rings. The van der Waals surface area contributed by atoms with Crippen LogP contribution in [0.4, 0.5) is 0 Å². The van der Waals surface area contributed by atoms with Gasteiger partial charge in [-0.3, -0.25) is 14.6 Å². The fraction of sp³-hybridized carbons (Fsp3) is 0.579. The molecule has 28 heavy (non-hydrogen) atoms. The lowest BCUT2D eigenvalue weighted by Gasteiger charge is -2.18. The Bertz CT molecular complexity index is 635. The molecule has 156 valence electrons. The summed E-state index contributed by atoms with van der Waals surface area (Å²) in [5, 5.41) is 6.08. The van der Waals surface area contributed by atoms with Crippen LogP contribution in [0.2, 0.25) is 0 Å². The molecule has 0 unspecified atom stereocenters. The summed E-state index contributed by atoms with van der Waals surface area (Å²) in [4.78, 5) is 36.5. The molecule has 0 radical (unpaired) electrons. The minimum absolute atomic E-state index is 0. The molecule has 9 heteroatoms. The van der Waals surface area contributed by atoms with Crippen LogP contribution in [-0.2, 0) is 16.0 Å². The quantitative estimate of drug-likeness (QED) is 0.313. The molecule has 0 spiro atoms. The van der Waals surface area contributed by atoms with Crippen LogP contribution in [0.3, 0.4) is 0 Å². The number of aliphatic imine (C=N–C) groups is 1. The zero-order chi connectivity index (χ0) is 19.5. The molecule has 1 aliphatic heterocycles. The van der Waals surface area contributed by atoms with E-state index >= 15 is 0 Å². The molecule has 1 aliphatic rings. The highest BCUT2D eigenvalue weighted by molar-refractivity contribution is 14.0. The van der Waals surface area contributed by atoms with E-state index in [1.807, 2.05) is 30.0 Å². The second-order valence-electron chi connectivity index (χ2n) is 6.52. The van der Waals surface area contributed by atoms with Crippen LogP contribution in [0.1, 0.15) is 25.5 Å². The van der Waals surface area contributed by atoms with E-state index in [4.69, 9.17) is 0 Å². The van der Waals surface area contributed by atoms with Crippen molar-refractivity contribution in [3.63, 3.8) is 0 Å². The molecule has 0 atom stereocenters. The van der Waals surface area contributed by atoms with Gasteiger partial charge in [-0.15, -0.1) is 24.0 Å². The number of halogens is 1. The van der Waals surface area contributed by atoms with Gasteiger partial charge in [0.05, 0.1) is 6.54 Å². The predicted molar refractivity (Wildman–Crippen MR) is 121 cm³/mol. The first-order valence-corrected chi connectivity index (χ1v) is 9.54. The molecule has 0 aliphatic carbocycles. The van der Waals surface area contributed by atoms with Gasteiger partial charge in [0.2, 0.25) is 11.8 Å². The largest absolute Gasteiger partial charge is 0.357 e. The average molecular weight is 502 g/mol. The molecule has 0 aromatic carbocycles. The molecule has 2 N–H and O–H groups in total. The lowest BCUT2D eigenvalue weighted by molar-refractivity contribution is -0.129. The first-order valence-electron chi connectivity index (χ1n) is 9.54. The van der Waals surface area contributed by atoms with Crippen molar-refractivity contribution in [3.8, 4) is 0 Å². The van der Waals surface area contributed by atoms with E-state index in [0.717, 1.165) is 31.6 Å². The number of nitrogens with one attached hydrogen (secondary N) is 2. The van der Waals surface area contributed by atoms with E-state index in [0.29, 0.717) is 25.5 Å². The molecular formula is C19H31IN6O2. The average Bonchev–Trinajstić information content (AvgIpc) is 3.23. The number of aromatic nitrogens is 1. The molecule has 2 amide bonds. The third kappa shape index (κ3) is 8.41. The number of amides is 2. The number of hydrogen-bond donors (Lipinski definition) is 2. The Hall–Kier alpha value is -1.91. The van der Waals surface area contributed by atoms with Crippen molar-refractivity contribution in [2.75, 3.05) is 46.3 Å². The Morgan fingerprint density at radius 1 is 1.25 bits per heavy atom. The number of carbonyl (C=O) groups excluding carboxylic acids is 2. The zero-order valence-electron chi connectivity index (χ0n) is 16.7. The van der Waals surface area contributed by atoms with Crippen LogP contribution < -0.4 is 10.6 Å². The molecule has 8 nitrogen and oxygen atoms in total. The van der Waals surface area contributed by atoms with Crippen molar-refractivity contribution < 1.29 is 9.59 Å². The van der Waals surface area contributed by atoms with Crippen molar-refractivity contribution >= 4 is 41.8 Å². The van der Waals surface area contributed by atoms with Crippen molar-refractivity contribution in [2.24, 2.45) is 4.99 Å². The van der Waals surface area contributed by atoms with E-state index < -0.39 is 0 Å². The van der Waals surface area contributed by atoms with E-state index in [2.05, 4.69) is 20.6 Å². The molecular weight excluding hydrogens is 471 g/mol. The minimum Gasteiger partial charge on any atom is -0.357 e. The fourth-order valence-electron chi connectivity index (χ4n) is 2.80. The Balaban J connectivity index is 0.00000392. The van der Waals surface area contributed by atoms with Crippen molar-refractivity contribution in [1.82, 2.24) is 25.4 Å². The highest BCUT2D eigenvalue weighted by Crippen LogP contribution is 2.06. The Morgan fingerprint density at radius 2 is 2.00 bits per heavy atom. The summed E-state index contributed by atoms with van der Waals surface area (Å²) in [6.07, 6.45) is 4.59. The Kier molecular flexibility index (Phi) is 11.5. The van der Waals surface area contributed by atoms with Gasteiger partial charge in [-0.05, 0) is 31.9 Å². The highest BCUT2D eigenvalue weighted by atomic mass is 127. The molecule has 0 saturated carbocycles. The number of carbonyl (C=O) groups is 2. The van der Waals surface area contributed by atoms with Crippen LogP contribution in [0.15, 0.2) is 29.4 Å². The second kappa shape index (κ2) is 13.3. The summed E-state index contributed by atoms with van der Waals surface area (Å²) in [6.45, 7) is 5.07. The van der Waals surface area contributed by atoms with Gasteiger partial charge < -0.3 is 20.4 Å². The number of likely N-dealkylation sites (N-methyl/N-ethyl adjacent to an activating group) is 1. The van der Waals surface area contributed by atoms with E-state index in [1.54, 1.807) is 18.1 Å². The number of rotatable bonds is 8. The summed E-state index contributed by atoms with van der Waals surface area (Å²) in [6, 6.07) is 5.75. The molecule has 2 heterocycles. The van der Waals surface area contributed by atoms with Gasteiger partial charge in [0.1, 0.15) is 6.54 Å². The maximum Gasteiger partial charge on any atom is 0.244 e. The van der Waals surface area contributed by atoms with Crippen LogP contribution in [0.5, 0.6) is 0 Å². The number of hydrogen-bond acceptors (Lipinski definition) is 4. The Labute approximate surface area is 184 Å². The van der Waals surface area contributed by atoms with E-state index in [1.165, 1.54) is 0 Å². The Morgan fingerprint density at radius 3 is 2.64 bits per heavy atom. The molecule has 2 rings (SSSR count). The van der Waals surface area contributed by atoms with Gasteiger partial charge >= 0.3 is 0 Å². The zero-order valence-corrected chi connectivity index (χ0v) is 19.0. The van der Waals surface area contributed by atoms with Gasteiger partial charge in [-0.1, -0.05) is 6.07 Å². The predicted octanol–water partition coefficient (Wildman–Crippen LogP) is 0.878. The second-order valence-corrected chi connectivity index (χ2v) is 6.52. The number of guanidine groups is 1. The normalized spacial score (nSPS) is 13.6. The van der Waals surface area contributed by atoms with Crippen LogP contribution >= 0.6 is 24.0 Å².